The van der Waals surface area contributed by atoms with Crippen molar-refractivity contribution in [1.29, 1.82) is 0 Å². The molecule has 0 unspecified atom stereocenters. The normalized spacial score (nSPS) is 19.5. The Morgan fingerprint density at radius 3 is 1.25 bits per heavy atom. The van der Waals surface area contributed by atoms with Crippen LogP contribution in [-0.2, 0) is 23.7 Å². The Balaban J connectivity index is 1.34. The van der Waals surface area contributed by atoms with Crippen molar-refractivity contribution in [2.75, 3.05) is 6.61 Å². The molecule has 34 heteroatoms. The molecule has 0 saturated heterocycles. The molecule has 0 radical (unpaired) electrons. The van der Waals surface area contributed by atoms with Gasteiger partial charge in [0.25, 0.3) is 0 Å². The number of aliphatic hydroxyl groups is 1. The molecular formula is C59H42O34. The fourth-order valence-corrected chi connectivity index (χ4v) is 11.5. The molecule has 7 aromatic carbocycles. The third kappa shape index (κ3) is 8.27. The SMILES string of the molecule is C[C@@]1([C@@](C)(OC(=O)c2cc(O)c(O)c(O)c2)[C@]2(C)OC(=O)c3cc(O)c(O)c(O)c3[C@H]2O)OC(=O)c2cc(O)c(O)c(O)c2-c2c(O)c(O)c3oc(=O)c4c(c(O)c(O)c5oc(=O)c2c3c54)-c2c(cc(O)c(O)c2O)C(=O)OC[C@]1(C)OC(=O)c1cc(O)c(O)c(O)c1. The van der Waals surface area contributed by atoms with Crippen LogP contribution >= 0.6 is 0 Å². The summed E-state index contributed by atoms with van der Waals surface area (Å²) in [6.45, 7) is 0.138. The Bertz CT molecular complexity index is 5010. The van der Waals surface area contributed by atoms with Crippen molar-refractivity contribution in [3.8, 4) is 131 Å². The van der Waals surface area contributed by atoms with Crippen LogP contribution in [0.15, 0.2) is 60.9 Å². The monoisotopic (exact) mass is 1290 g/mol. The van der Waals surface area contributed by atoms with Gasteiger partial charge in [0.2, 0.25) is 28.7 Å². The number of carbonyl (C=O) groups is 5. The molecule has 2 aromatic heterocycles. The van der Waals surface area contributed by atoms with Crippen LogP contribution in [0, 0.1) is 0 Å². The summed E-state index contributed by atoms with van der Waals surface area (Å²) in [6.07, 6.45) is -2.97. The Labute approximate surface area is 510 Å². The maximum absolute atomic E-state index is 16.1. The lowest BCUT2D eigenvalue weighted by Gasteiger charge is -2.59. The lowest BCUT2D eigenvalue weighted by Crippen LogP contribution is -2.78. The van der Waals surface area contributed by atoms with E-state index in [1.165, 1.54) is 0 Å². The molecule has 20 N–H and O–H groups in total. The molecule has 9 aromatic rings. The van der Waals surface area contributed by atoms with Crippen LogP contribution in [0.5, 0.6) is 109 Å². The van der Waals surface area contributed by atoms with E-state index in [9.17, 15) is 117 Å². The van der Waals surface area contributed by atoms with Crippen molar-refractivity contribution in [1.82, 2.24) is 0 Å². The smallest absolute Gasteiger partial charge is 0.345 e. The Hall–Kier alpha value is -13.0. The van der Waals surface area contributed by atoms with Gasteiger partial charge in [-0.1, -0.05) is 0 Å². The van der Waals surface area contributed by atoms with Gasteiger partial charge in [0.05, 0.1) is 38.6 Å². The molecule has 0 fully saturated rings. The molecule has 0 spiro atoms. The van der Waals surface area contributed by atoms with E-state index in [2.05, 4.69) is 0 Å². The second-order valence-corrected chi connectivity index (χ2v) is 21.8. The Morgan fingerprint density at radius 2 is 0.806 bits per heavy atom. The molecule has 6 bridgehead atoms. The maximum Gasteiger partial charge on any atom is 0.345 e. The predicted octanol–water partition coefficient (Wildman–Crippen LogP) is 4.21. The second kappa shape index (κ2) is 20.0. The van der Waals surface area contributed by atoms with E-state index in [1.807, 2.05) is 0 Å². The van der Waals surface area contributed by atoms with Gasteiger partial charge in [-0.05, 0) is 70.2 Å². The van der Waals surface area contributed by atoms with Gasteiger partial charge in [-0.3, -0.25) is 0 Å². The second-order valence-electron chi connectivity index (χ2n) is 21.8. The average Bonchev–Trinajstić information content (AvgIpc) is 0.933. The minimum atomic E-state index is -3.93. The molecule has 2 aliphatic heterocycles. The standard InChI is InChI=1S/C59H42O34/c1-56(90-49(80)13-5-18(60)34(67)19(61)6-13)12-87-51(82)15-9-22(64)36(69)39(72)25(15)28-32-30-31-33(55(86)89-46(30)44(77)42(28)75)29(43(76)45(78)47(31)88-54(32)85)26-16(10-23(65)37(70)40(26)73)53(84)93-58(56,3)59(4,92-50(81)14-7-20(62)35(68)21(63)8-14)57(2)48(79)27-17(52(83)91-57)11-24(66)38(71)41(27)74/h5-11,48,60-79H,12H2,1-4H3/t48-,56+,57-,58-,59+/m1/s1. The van der Waals surface area contributed by atoms with Gasteiger partial charge in [0.15, 0.2) is 114 Å². The van der Waals surface area contributed by atoms with E-state index in [4.69, 9.17) is 32.5 Å². The molecule has 4 heterocycles. The molecule has 0 saturated carbocycles. The van der Waals surface area contributed by atoms with Gasteiger partial charge >= 0.3 is 41.1 Å². The number of esters is 5. The molecule has 0 amide bonds. The number of fused-ring (bicyclic) bond motifs is 5. The first-order chi connectivity index (χ1) is 43.3. The minimum Gasteiger partial charge on any atom is -0.504 e. The number of hydrogen-bond donors (Lipinski definition) is 20. The van der Waals surface area contributed by atoms with Gasteiger partial charge in [0, 0.05) is 38.6 Å². The number of carbonyl (C=O) groups excluding carboxylic acids is 5. The summed E-state index contributed by atoms with van der Waals surface area (Å²) >= 11 is 0. The van der Waals surface area contributed by atoms with Crippen LogP contribution in [0.1, 0.15) is 91.2 Å². The van der Waals surface area contributed by atoms with E-state index in [0.717, 1.165) is 0 Å². The van der Waals surface area contributed by atoms with Crippen LogP contribution in [0.3, 0.4) is 0 Å². The number of rotatable bonds is 6. The minimum absolute atomic E-state index is 0.162. The van der Waals surface area contributed by atoms with Crippen LogP contribution in [0.2, 0.25) is 0 Å². The molecule has 482 valence electrons. The van der Waals surface area contributed by atoms with Crippen LogP contribution in [0.4, 0.5) is 0 Å². The third-order valence-electron chi connectivity index (χ3n) is 16.8. The summed E-state index contributed by atoms with van der Waals surface area (Å²) in [5.74, 6) is -38.8. The zero-order valence-electron chi connectivity index (χ0n) is 47.0. The number of cyclic esters (lactones) is 3. The van der Waals surface area contributed by atoms with E-state index in [-0.39, 0.29) is 12.1 Å². The highest BCUT2D eigenvalue weighted by molar-refractivity contribution is 6.29. The summed E-state index contributed by atoms with van der Waals surface area (Å²) in [5.41, 5.74) is -34.2. The molecule has 93 heavy (non-hydrogen) atoms. The van der Waals surface area contributed by atoms with Gasteiger partial charge < -0.3 is 135 Å². The molecular weight excluding hydrogens is 1250 g/mol. The highest BCUT2D eigenvalue weighted by Crippen LogP contribution is 2.62. The first-order valence-corrected chi connectivity index (χ1v) is 26.1. The highest BCUT2D eigenvalue weighted by Gasteiger charge is 2.75. The first-order valence-electron chi connectivity index (χ1n) is 26.1. The number of benzene rings is 7. The maximum atomic E-state index is 16.1. The zero-order chi connectivity index (χ0) is 68.4. The lowest BCUT2D eigenvalue weighted by molar-refractivity contribution is -0.299. The van der Waals surface area contributed by atoms with Gasteiger partial charge in [-0.15, -0.1) is 0 Å². The number of phenolic OH excluding ortho intramolecular Hbond substituents is 19. The predicted molar refractivity (Wildman–Crippen MR) is 300 cm³/mol. The number of hydrogen-bond acceptors (Lipinski definition) is 34. The van der Waals surface area contributed by atoms with E-state index in [0.29, 0.717) is 58.0 Å². The van der Waals surface area contributed by atoms with Gasteiger partial charge in [0.1, 0.15) is 12.7 Å². The number of phenols is 19. The fraction of sp³-hybridized carbons (Fsp3) is 0.169. The first kappa shape index (κ1) is 61.6. The van der Waals surface area contributed by atoms with Crippen molar-refractivity contribution >= 4 is 62.6 Å². The van der Waals surface area contributed by atoms with Crippen molar-refractivity contribution in [2.45, 2.75) is 56.2 Å². The largest absolute Gasteiger partial charge is 0.504 e. The number of aliphatic hydroxyl groups excluding tert-OH is 1. The van der Waals surface area contributed by atoms with Gasteiger partial charge in [-0.2, -0.15) is 0 Å². The van der Waals surface area contributed by atoms with Crippen molar-refractivity contribution < 1.29 is 159 Å². The summed E-state index contributed by atoms with van der Waals surface area (Å²) in [5, 5.41) is 221. The molecule has 34 nitrogen and oxygen atoms in total. The topological polar surface area (TPSA) is 597 Å². The van der Waals surface area contributed by atoms with Crippen molar-refractivity contribution in [2.24, 2.45) is 0 Å². The highest BCUT2D eigenvalue weighted by atomic mass is 16.7. The molecule has 11 rings (SSSR count). The summed E-state index contributed by atoms with van der Waals surface area (Å²) in [7, 11) is 0. The number of aromatic hydroxyl groups is 19. The van der Waals surface area contributed by atoms with E-state index < -0.39 is 274 Å². The molecule has 5 atom stereocenters. The van der Waals surface area contributed by atoms with Crippen molar-refractivity contribution in [3.05, 3.63) is 96.7 Å². The van der Waals surface area contributed by atoms with Crippen LogP contribution in [-0.4, -0.2) is 161 Å². The number of ether oxygens (including phenoxy) is 5. The van der Waals surface area contributed by atoms with E-state index in [1.54, 1.807) is 0 Å². The van der Waals surface area contributed by atoms with Crippen LogP contribution in [0.25, 0.3) is 55.0 Å². The third-order valence-corrected chi connectivity index (χ3v) is 16.8. The fourth-order valence-electron chi connectivity index (χ4n) is 11.5. The summed E-state index contributed by atoms with van der Waals surface area (Å²) in [4.78, 5) is 105. The Morgan fingerprint density at radius 1 is 0.441 bits per heavy atom. The molecule has 2 aliphatic rings. The average molecular weight is 1290 g/mol. The summed E-state index contributed by atoms with van der Waals surface area (Å²) < 4.78 is 40.9. The van der Waals surface area contributed by atoms with Crippen molar-refractivity contribution in [3.63, 3.8) is 0 Å². The molecule has 0 aliphatic carbocycles. The quantitative estimate of drug-likeness (QED) is 0.0364. The summed E-state index contributed by atoms with van der Waals surface area (Å²) in [6, 6.07) is 2.39. The van der Waals surface area contributed by atoms with Crippen LogP contribution < -0.4 is 11.3 Å². The van der Waals surface area contributed by atoms with Gasteiger partial charge in [-0.25, -0.2) is 33.6 Å². The van der Waals surface area contributed by atoms with E-state index >= 15 is 19.2 Å². The lowest BCUT2D eigenvalue weighted by atomic mass is 9.62. The zero-order valence-corrected chi connectivity index (χ0v) is 47.0. The Kier molecular flexibility index (Phi) is 13.3.